The highest BCUT2D eigenvalue weighted by Gasteiger charge is 2.16. The lowest BCUT2D eigenvalue weighted by atomic mass is 10.1. The van der Waals surface area contributed by atoms with Gasteiger partial charge in [-0.3, -0.25) is 9.36 Å². The fraction of sp³-hybridized carbons (Fsp3) is 0.348. The van der Waals surface area contributed by atoms with E-state index in [0.29, 0.717) is 29.2 Å². The van der Waals surface area contributed by atoms with E-state index in [2.05, 4.69) is 29.4 Å². The number of aryl methyl sites for hydroxylation is 1. The number of carbonyl (C=O) groups excluding carboxylic acids is 1. The number of nitrogens with zero attached hydrogens (tertiary/aromatic N) is 3. The second-order valence-corrected chi connectivity index (χ2v) is 8.39. The molecule has 1 aromatic heterocycles. The van der Waals surface area contributed by atoms with Crippen LogP contribution < -0.4 is 10.1 Å². The summed E-state index contributed by atoms with van der Waals surface area (Å²) in [4.78, 5) is 12.2. The Balaban J connectivity index is 1.72. The zero-order chi connectivity index (χ0) is 21.3. The van der Waals surface area contributed by atoms with Crippen molar-refractivity contribution in [2.45, 2.75) is 39.0 Å². The van der Waals surface area contributed by atoms with Crippen molar-refractivity contribution in [3.05, 3.63) is 66.0 Å². The maximum absolute atomic E-state index is 12.2. The van der Waals surface area contributed by atoms with Crippen LogP contribution in [0.2, 0.25) is 0 Å². The Kier molecular flexibility index (Phi) is 7.90. The van der Waals surface area contributed by atoms with Crippen LogP contribution in [-0.4, -0.2) is 33.0 Å². The van der Waals surface area contributed by atoms with Crippen molar-refractivity contribution < 1.29 is 9.53 Å². The smallest absolute Gasteiger partial charge is 0.230 e. The average molecular weight is 425 g/mol. The van der Waals surface area contributed by atoms with E-state index in [1.54, 1.807) is 0 Å². The van der Waals surface area contributed by atoms with E-state index in [9.17, 15) is 4.79 Å². The Bertz CT molecular complexity index is 957. The van der Waals surface area contributed by atoms with Crippen molar-refractivity contribution in [3.8, 4) is 11.4 Å². The number of hydrogen-bond donors (Lipinski definition) is 1. The van der Waals surface area contributed by atoms with Crippen LogP contribution in [0.25, 0.3) is 5.69 Å². The molecule has 158 valence electrons. The number of carbonyl (C=O) groups is 1. The Hall–Kier alpha value is -2.80. The summed E-state index contributed by atoms with van der Waals surface area (Å²) in [6, 6.07) is 17.8. The van der Waals surface area contributed by atoms with Crippen molar-refractivity contribution in [1.82, 2.24) is 20.1 Å². The Morgan fingerprint density at radius 2 is 1.83 bits per heavy atom. The van der Waals surface area contributed by atoms with Crippen LogP contribution in [0.1, 0.15) is 31.7 Å². The molecule has 0 saturated carbocycles. The zero-order valence-corrected chi connectivity index (χ0v) is 18.5. The van der Waals surface area contributed by atoms with Crippen LogP contribution in [0.3, 0.4) is 0 Å². The van der Waals surface area contributed by atoms with Crippen LogP contribution in [0, 0.1) is 12.8 Å². The molecule has 2 aromatic carbocycles. The molecule has 0 aliphatic heterocycles. The van der Waals surface area contributed by atoms with Gasteiger partial charge in [0.2, 0.25) is 5.91 Å². The summed E-state index contributed by atoms with van der Waals surface area (Å²) in [7, 11) is 0. The first-order valence-electron chi connectivity index (χ1n) is 10.1. The molecule has 0 fully saturated rings. The zero-order valence-electron chi connectivity index (χ0n) is 17.7. The van der Waals surface area contributed by atoms with Gasteiger partial charge in [0, 0.05) is 12.2 Å². The molecule has 0 radical (unpaired) electrons. The second kappa shape index (κ2) is 10.8. The summed E-state index contributed by atoms with van der Waals surface area (Å²) in [6.07, 6.45) is 0.969. The van der Waals surface area contributed by atoms with E-state index in [1.807, 2.05) is 66.1 Å². The molecule has 6 nitrogen and oxygen atoms in total. The molecule has 1 N–H and O–H groups in total. The SMILES string of the molecule is Cc1ccccc1OCc1nnc(SCC(=O)NCCC(C)C)n1-c1ccccc1. The number of nitrogens with one attached hydrogen (secondary N) is 1. The fourth-order valence-corrected chi connectivity index (χ4v) is 3.67. The minimum Gasteiger partial charge on any atom is -0.485 e. The fourth-order valence-electron chi connectivity index (χ4n) is 2.87. The third kappa shape index (κ3) is 6.10. The molecule has 0 bridgehead atoms. The van der Waals surface area contributed by atoms with Gasteiger partial charge in [-0.2, -0.15) is 0 Å². The molecule has 3 rings (SSSR count). The molecular formula is C23H28N4O2S. The number of rotatable bonds is 10. The van der Waals surface area contributed by atoms with Gasteiger partial charge in [-0.25, -0.2) is 0 Å². The summed E-state index contributed by atoms with van der Waals surface area (Å²) in [5.41, 5.74) is 2.00. The predicted molar refractivity (Wildman–Crippen MR) is 120 cm³/mol. The van der Waals surface area contributed by atoms with Gasteiger partial charge in [0.15, 0.2) is 11.0 Å². The first-order chi connectivity index (χ1) is 14.5. The van der Waals surface area contributed by atoms with Crippen molar-refractivity contribution in [1.29, 1.82) is 0 Å². The molecule has 1 heterocycles. The maximum atomic E-state index is 12.2. The van der Waals surface area contributed by atoms with Gasteiger partial charge in [0.25, 0.3) is 0 Å². The lowest BCUT2D eigenvalue weighted by Crippen LogP contribution is -2.27. The molecule has 1 amide bonds. The number of aromatic nitrogens is 3. The van der Waals surface area contributed by atoms with Crippen molar-refractivity contribution in [3.63, 3.8) is 0 Å². The Morgan fingerprint density at radius 3 is 2.57 bits per heavy atom. The lowest BCUT2D eigenvalue weighted by Gasteiger charge is -2.12. The summed E-state index contributed by atoms with van der Waals surface area (Å²) in [6.45, 7) is 7.27. The predicted octanol–water partition coefficient (Wildman–Crippen LogP) is 4.41. The number of hydrogen-bond acceptors (Lipinski definition) is 5. The van der Waals surface area contributed by atoms with Gasteiger partial charge in [0.1, 0.15) is 12.4 Å². The third-order valence-electron chi connectivity index (χ3n) is 4.54. The first kappa shape index (κ1) is 21.9. The normalized spacial score (nSPS) is 10.9. The van der Waals surface area contributed by atoms with Gasteiger partial charge < -0.3 is 10.1 Å². The van der Waals surface area contributed by atoms with Crippen LogP contribution in [0.5, 0.6) is 5.75 Å². The Morgan fingerprint density at radius 1 is 1.10 bits per heavy atom. The monoisotopic (exact) mass is 424 g/mol. The minimum absolute atomic E-state index is 0.000900. The summed E-state index contributed by atoms with van der Waals surface area (Å²) in [5, 5.41) is 12.3. The van der Waals surface area contributed by atoms with E-state index in [4.69, 9.17) is 4.74 Å². The maximum Gasteiger partial charge on any atom is 0.230 e. The molecule has 0 aliphatic carbocycles. The van der Waals surface area contributed by atoms with E-state index in [0.717, 1.165) is 23.4 Å². The van der Waals surface area contributed by atoms with Crippen LogP contribution >= 0.6 is 11.8 Å². The molecule has 0 spiro atoms. The molecule has 30 heavy (non-hydrogen) atoms. The van der Waals surface area contributed by atoms with E-state index in [-0.39, 0.29) is 12.5 Å². The highest BCUT2D eigenvalue weighted by Crippen LogP contribution is 2.24. The van der Waals surface area contributed by atoms with Crippen LogP contribution in [-0.2, 0) is 11.4 Å². The molecule has 7 heteroatoms. The molecule has 0 unspecified atom stereocenters. The van der Waals surface area contributed by atoms with Gasteiger partial charge in [0.05, 0.1) is 5.75 Å². The van der Waals surface area contributed by atoms with Crippen LogP contribution in [0.4, 0.5) is 0 Å². The number of amides is 1. The van der Waals surface area contributed by atoms with Crippen LogP contribution in [0.15, 0.2) is 59.8 Å². The van der Waals surface area contributed by atoms with Gasteiger partial charge in [-0.05, 0) is 43.0 Å². The van der Waals surface area contributed by atoms with Crippen molar-refractivity contribution >= 4 is 17.7 Å². The van der Waals surface area contributed by atoms with Crippen molar-refractivity contribution in [2.75, 3.05) is 12.3 Å². The van der Waals surface area contributed by atoms with Gasteiger partial charge in [-0.1, -0.05) is 62.0 Å². The second-order valence-electron chi connectivity index (χ2n) is 7.45. The summed E-state index contributed by atoms with van der Waals surface area (Å²) < 4.78 is 7.94. The Labute approximate surface area is 182 Å². The highest BCUT2D eigenvalue weighted by atomic mass is 32.2. The van der Waals surface area contributed by atoms with Gasteiger partial charge >= 0.3 is 0 Å². The summed E-state index contributed by atoms with van der Waals surface area (Å²) in [5.74, 6) is 2.36. The molecule has 0 atom stereocenters. The highest BCUT2D eigenvalue weighted by molar-refractivity contribution is 7.99. The largest absolute Gasteiger partial charge is 0.485 e. The molecule has 0 aliphatic rings. The molecule has 3 aromatic rings. The van der Waals surface area contributed by atoms with E-state index in [1.165, 1.54) is 11.8 Å². The number of benzene rings is 2. The average Bonchev–Trinajstić information content (AvgIpc) is 3.15. The number of ether oxygens (including phenoxy) is 1. The standard InChI is InChI=1S/C23H28N4O2S/c1-17(2)13-14-24-22(28)16-30-23-26-25-21(27(23)19-10-5-4-6-11-19)15-29-20-12-8-7-9-18(20)3/h4-12,17H,13-16H2,1-3H3,(H,24,28). The first-order valence-corrected chi connectivity index (χ1v) is 11.1. The van der Waals surface area contributed by atoms with Gasteiger partial charge in [-0.15, -0.1) is 10.2 Å². The summed E-state index contributed by atoms with van der Waals surface area (Å²) >= 11 is 1.38. The number of thioether (sulfide) groups is 1. The van der Waals surface area contributed by atoms with E-state index >= 15 is 0 Å². The van der Waals surface area contributed by atoms with E-state index < -0.39 is 0 Å². The lowest BCUT2D eigenvalue weighted by molar-refractivity contribution is -0.118. The minimum atomic E-state index is 0.000900. The topological polar surface area (TPSA) is 69.0 Å². The molecule has 0 saturated heterocycles. The quantitative estimate of drug-likeness (QED) is 0.488. The number of para-hydroxylation sites is 2. The van der Waals surface area contributed by atoms with Crippen molar-refractivity contribution in [2.24, 2.45) is 5.92 Å². The molecular weight excluding hydrogens is 396 g/mol. The third-order valence-corrected chi connectivity index (χ3v) is 5.47.